The SMILES string of the molecule is O=C(OCCC1CCCO1)c1ccsc1. The van der Waals surface area contributed by atoms with Gasteiger partial charge in [0.25, 0.3) is 0 Å². The van der Waals surface area contributed by atoms with Crippen LogP contribution in [0.1, 0.15) is 29.6 Å². The third kappa shape index (κ3) is 3.04. The van der Waals surface area contributed by atoms with E-state index in [4.69, 9.17) is 9.47 Å². The van der Waals surface area contributed by atoms with Crippen LogP contribution < -0.4 is 0 Å². The Morgan fingerprint density at radius 2 is 2.60 bits per heavy atom. The first kappa shape index (κ1) is 10.6. The molecule has 2 rings (SSSR count). The molecule has 4 heteroatoms. The monoisotopic (exact) mass is 226 g/mol. The fourth-order valence-electron chi connectivity index (χ4n) is 1.62. The largest absolute Gasteiger partial charge is 0.462 e. The van der Waals surface area contributed by atoms with Crippen molar-refractivity contribution in [1.29, 1.82) is 0 Å². The summed E-state index contributed by atoms with van der Waals surface area (Å²) in [5, 5.41) is 3.67. The number of thiophene rings is 1. The molecule has 1 aromatic rings. The molecule has 0 spiro atoms. The standard InChI is InChI=1S/C11H14O3S/c12-11(9-4-7-15-8-9)14-6-3-10-2-1-5-13-10/h4,7-8,10H,1-3,5-6H2. The lowest BCUT2D eigenvalue weighted by Gasteiger charge is -2.08. The Bertz CT molecular complexity index is 302. The highest BCUT2D eigenvalue weighted by molar-refractivity contribution is 7.08. The molecule has 1 aliphatic heterocycles. The Morgan fingerprint density at radius 3 is 3.27 bits per heavy atom. The first-order valence-corrected chi connectivity index (χ1v) is 6.11. The number of carbonyl (C=O) groups is 1. The van der Waals surface area contributed by atoms with Crippen LogP contribution in [0.2, 0.25) is 0 Å². The minimum absolute atomic E-state index is 0.228. The molecule has 1 fully saturated rings. The zero-order valence-corrected chi connectivity index (χ0v) is 9.29. The van der Waals surface area contributed by atoms with Crippen LogP contribution in [-0.4, -0.2) is 25.3 Å². The number of hydrogen-bond donors (Lipinski definition) is 0. The summed E-state index contributed by atoms with van der Waals surface area (Å²) < 4.78 is 10.6. The van der Waals surface area contributed by atoms with E-state index in [1.54, 1.807) is 11.4 Å². The molecule has 82 valence electrons. The third-order valence-electron chi connectivity index (χ3n) is 2.45. The van der Waals surface area contributed by atoms with E-state index in [1.807, 2.05) is 5.38 Å². The maximum atomic E-state index is 11.4. The van der Waals surface area contributed by atoms with Gasteiger partial charge in [-0.2, -0.15) is 11.3 Å². The van der Waals surface area contributed by atoms with Crippen molar-refractivity contribution in [3.05, 3.63) is 22.4 Å². The Hall–Kier alpha value is -0.870. The molecule has 1 aromatic heterocycles. The van der Waals surface area contributed by atoms with Gasteiger partial charge in [-0.05, 0) is 24.3 Å². The van der Waals surface area contributed by atoms with Crippen LogP contribution >= 0.6 is 11.3 Å². The molecule has 0 amide bonds. The van der Waals surface area contributed by atoms with Gasteiger partial charge in [0.15, 0.2) is 0 Å². The molecule has 1 unspecified atom stereocenters. The molecule has 0 N–H and O–H groups in total. The summed E-state index contributed by atoms with van der Waals surface area (Å²) in [6, 6.07) is 1.78. The Labute approximate surface area is 93.0 Å². The van der Waals surface area contributed by atoms with Gasteiger partial charge in [0, 0.05) is 18.4 Å². The average Bonchev–Trinajstić information content (AvgIpc) is 2.90. The van der Waals surface area contributed by atoms with Crippen LogP contribution in [-0.2, 0) is 9.47 Å². The van der Waals surface area contributed by atoms with Crippen molar-refractivity contribution >= 4 is 17.3 Å². The fraction of sp³-hybridized carbons (Fsp3) is 0.545. The highest BCUT2D eigenvalue weighted by Gasteiger charge is 2.16. The maximum Gasteiger partial charge on any atom is 0.338 e. The summed E-state index contributed by atoms with van der Waals surface area (Å²) in [4.78, 5) is 11.4. The Balaban J connectivity index is 1.67. The van der Waals surface area contributed by atoms with E-state index in [1.165, 1.54) is 11.3 Å². The van der Waals surface area contributed by atoms with Crippen molar-refractivity contribution in [2.24, 2.45) is 0 Å². The summed E-state index contributed by atoms with van der Waals surface area (Å²) in [5.74, 6) is -0.228. The highest BCUT2D eigenvalue weighted by Crippen LogP contribution is 2.15. The molecule has 1 saturated heterocycles. The van der Waals surface area contributed by atoms with Crippen LogP contribution in [0, 0.1) is 0 Å². The van der Waals surface area contributed by atoms with Crippen LogP contribution in [0.3, 0.4) is 0 Å². The number of carbonyl (C=O) groups excluding carboxylic acids is 1. The zero-order chi connectivity index (χ0) is 10.5. The van der Waals surface area contributed by atoms with Gasteiger partial charge in [-0.25, -0.2) is 4.79 Å². The quantitative estimate of drug-likeness (QED) is 0.740. The number of esters is 1. The lowest BCUT2D eigenvalue weighted by Crippen LogP contribution is -2.12. The zero-order valence-electron chi connectivity index (χ0n) is 8.48. The lowest BCUT2D eigenvalue weighted by atomic mass is 10.2. The van der Waals surface area contributed by atoms with Gasteiger partial charge < -0.3 is 9.47 Å². The second kappa shape index (κ2) is 5.28. The fourth-order valence-corrected chi connectivity index (χ4v) is 2.24. The summed E-state index contributed by atoms with van der Waals surface area (Å²) in [6.45, 7) is 1.31. The molecule has 3 nitrogen and oxygen atoms in total. The highest BCUT2D eigenvalue weighted by atomic mass is 32.1. The van der Waals surface area contributed by atoms with Gasteiger partial charge in [0.05, 0.1) is 18.3 Å². The summed E-state index contributed by atoms with van der Waals surface area (Å²) in [7, 11) is 0. The van der Waals surface area contributed by atoms with Gasteiger partial charge >= 0.3 is 5.97 Å². The molecule has 0 radical (unpaired) electrons. The van der Waals surface area contributed by atoms with E-state index < -0.39 is 0 Å². The first-order valence-electron chi connectivity index (χ1n) is 5.17. The molecule has 15 heavy (non-hydrogen) atoms. The van der Waals surface area contributed by atoms with Crippen molar-refractivity contribution in [2.75, 3.05) is 13.2 Å². The van der Waals surface area contributed by atoms with Crippen LogP contribution in [0.25, 0.3) is 0 Å². The van der Waals surface area contributed by atoms with Gasteiger partial charge in [0.2, 0.25) is 0 Å². The maximum absolute atomic E-state index is 11.4. The molecule has 1 atom stereocenters. The van der Waals surface area contributed by atoms with E-state index in [2.05, 4.69) is 0 Å². The van der Waals surface area contributed by atoms with E-state index in [-0.39, 0.29) is 5.97 Å². The number of rotatable bonds is 4. The van der Waals surface area contributed by atoms with E-state index in [9.17, 15) is 4.79 Å². The van der Waals surface area contributed by atoms with Crippen LogP contribution in [0.15, 0.2) is 16.8 Å². The summed E-state index contributed by atoms with van der Waals surface area (Å²) in [6.07, 6.45) is 3.33. The number of hydrogen-bond acceptors (Lipinski definition) is 4. The minimum atomic E-state index is -0.228. The second-order valence-corrected chi connectivity index (χ2v) is 4.35. The predicted octanol–water partition coefficient (Wildman–Crippen LogP) is 2.47. The molecule has 0 bridgehead atoms. The van der Waals surface area contributed by atoms with Crippen LogP contribution in [0.4, 0.5) is 0 Å². The molecule has 0 aliphatic carbocycles. The normalized spacial score (nSPS) is 20.4. The number of ether oxygens (including phenoxy) is 2. The lowest BCUT2D eigenvalue weighted by molar-refractivity contribution is 0.0386. The van der Waals surface area contributed by atoms with E-state index in [0.717, 1.165) is 25.9 Å². The van der Waals surface area contributed by atoms with Gasteiger partial charge in [-0.1, -0.05) is 0 Å². The molecular weight excluding hydrogens is 212 g/mol. The topological polar surface area (TPSA) is 35.5 Å². The van der Waals surface area contributed by atoms with Crippen molar-refractivity contribution in [2.45, 2.75) is 25.4 Å². The van der Waals surface area contributed by atoms with Crippen molar-refractivity contribution < 1.29 is 14.3 Å². The van der Waals surface area contributed by atoms with Gasteiger partial charge in [-0.15, -0.1) is 0 Å². The Morgan fingerprint density at radius 1 is 1.67 bits per heavy atom. The predicted molar refractivity (Wildman–Crippen MR) is 58.2 cm³/mol. The minimum Gasteiger partial charge on any atom is -0.462 e. The van der Waals surface area contributed by atoms with Crippen molar-refractivity contribution in [1.82, 2.24) is 0 Å². The smallest absolute Gasteiger partial charge is 0.338 e. The molecule has 1 aliphatic rings. The molecule has 2 heterocycles. The van der Waals surface area contributed by atoms with Crippen molar-refractivity contribution in [3.8, 4) is 0 Å². The van der Waals surface area contributed by atoms with Gasteiger partial charge in [-0.3, -0.25) is 0 Å². The van der Waals surface area contributed by atoms with Gasteiger partial charge in [0.1, 0.15) is 0 Å². The van der Waals surface area contributed by atoms with E-state index >= 15 is 0 Å². The van der Waals surface area contributed by atoms with Crippen LogP contribution in [0.5, 0.6) is 0 Å². The van der Waals surface area contributed by atoms with E-state index in [0.29, 0.717) is 18.3 Å². The summed E-state index contributed by atoms with van der Waals surface area (Å²) >= 11 is 1.50. The second-order valence-electron chi connectivity index (χ2n) is 3.57. The molecule has 0 saturated carbocycles. The Kier molecular flexibility index (Phi) is 3.75. The third-order valence-corrected chi connectivity index (χ3v) is 3.14. The first-order chi connectivity index (χ1) is 7.36. The summed E-state index contributed by atoms with van der Waals surface area (Å²) in [5.41, 5.74) is 0.646. The molecular formula is C11H14O3S. The molecule has 0 aromatic carbocycles. The van der Waals surface area contributed by atoms with Crippen molar-refractivity contribution in [3.63, 3.8) is 0 Å². The average molecular weight is 226 g/mol.